The van der Waals surface area contributed by atoms with Gasteiger partial charge < -0.3 is 10.2 Å². The molecule has 0 aromatic carbocycles. The van der Waals surface area contributed by atoms with E-state index in [0.29, 0.717) is 6.42 Å². The lowest BCUT2D eigenvalue weighted by Gasteiger charge is -2.08. The largest absolute Gasteiger partial charge is 0.481 e. The molecular formula is C10H20O3. The van der Waals surface area contributed by atoms with Crippen LogP contribution in [0, 0.1) is 0 Å². The molecule has 0 saturated carbocycles. The fourth-order valence-electron chi connectivity index (χ4n) is 1.24. The van der Waals surface area contributed by atoms with Crippen LogP contribution in [0.4, 0.5) is 0 Å². The molecule has 0 aliphatic carbocycles. The third-order valence-corrected chi connectivity index (χ3v) is 2.07. The molecule has 78 valence electrons. The lowest BCUT2D eigenvalue weighted by molar-refractivity contribution is -0.137. The predicted molar refractivity (Wildman–Crippen MR) is 51.6 cm³/mol. The van der Waals surface area contributed by atoms with Gasteiger partial charge in [-0.05, 0) is 19.3 Å². The highest BCUT2D eigenvalue weighted by molar-refractivity contribution is 5.66. The van der Waals surface area contributed by atoms with E-state index >= 15 is 0 Å². The van der Waals surface area contributed by atoms with Gasteiger partial charge in [-0.25, -0.2) is 0 Å². The molecule has 0 saturated heterocycles. The van der Waals surface area contributed by atoms with Gasteiger partial charge in [0.15, 0.2) is 0 Å². The molecule has 2 N–H and O–H groups in total. The Hall–Kier alpha value is -0.570. The van der Waals surface area contributed by atoms with Crippen LogP contribution in [0.2, 0.25) is 0 Å². The summed E-state index contributed by atoms with van der Waals surface area (Å²) in [7, 11) is 0. The van der Waals surface area contributed by atoms with E-state index in [1.165, 1.54) is 0 Å². The number of aliphatic hydroxyl groups is 1. The molecule has 0 aliphatic heterocycles. The van der Waals surface area contributed by atoms with E-state index in [9.17, 15) is 9.90 Å². The smallest absolute Gasteiger partial charge is 0.303 e. The van der Waals surface area contributed by atoms with Crippen LogP contribution in [0.15, 0.2) is 0 Å². The Morgan fingerprint density at radius 3 is 2.38 bits per heavy atom. The first-order valence-corrected chi connectivity index (χ1v) is 5.06. The first-order chi connectivity index (χ1) is 6.16. The molecule has 0 unspecified atom stereocenters. The summed E-state index contributed by atoms with van der Waals surface area (Å²) in [5.74, 6) is -0.747. The van der Waals surface area contributed by atoms with Crippen LogP contribution in [0.1, 0.15) is 51.9 Å². The zero-order valence-electron chi connectivity index (χ0n) is 8.33. The first-order valence-electron chi connectivity index (χ1n) is 5.06. The van der Waals surface area contributed by atoms with Crippen molar-refractivity contribution < 1.29 is 15.0 Å². The Kier molecular flexibility index (Phi) is 7.69. The molecule has 13 heavy (non-hydrogen) atoms. The van der Waals surface area contributed by atoms with Gasteiger partial charge in [0.2, 0.25) is 0 Å². The number of carboxylic acid groups (broad SMARTS) is 1. The van der Waals surface area contributed by atoms with Gasteiger partial charge in [-0.3, -0.25) is 4.79 Å². The molecule has 0 rings (SSSR count). The number of aliphatic carboxylic acids is 1. The average molecular weight is 188 g/mol. The molecule has 0 aromatic heterocycles. The molecule has 0 aromatic rings. The maximum atomic E-state index is 10.2. The number of hydrogen-bond donors (Lipinski definition) is 2. The van der Waals surface area contributed by atoms with Crippen LogP contribution < -0.4 is 0 Å². The number of carbonyl (C=O) groups is 1. The maximum absolute atomic E-state index is 10.2. The minimum atomic E-state index is -0.747. The number of aliphatic hydroxyl groups excluding tert-OH is 1. The van der Waals surface area contributed by atoms with Crippen LogP contribution in [0.25, 0.3) is 0 Å². The summed E-state index contributed by atoms with van der Waals surface area (Å²) in [5.41, 5.74) is 0. The van der Waals surface area contributed by atoms with Crippen molar-refractivity contribution in [3.8, 4) is 0 Å². The van der Waals surface area contributed by atoms with Gasteiger partial charge in [-0.2, -0.15) is 0 Å². The van der Waals surface area contributed by atoms with Gasteiger partial charge in [0.25, 0.3) is 0 Å². The van der Waals surface area contributed by atoms with Crippen LogP contribution >= 0.6 is 0 Å². The van der Waals surface area contributed by atoms with Crippen molar-refractivity contribution >= 4 is 5.97 Å². The Morgan fingerprint density at radius 2 is 1.85 bits per heavy atom. The molecule has 3 nitrogen and oxygen atoms in total. The number of carboxylic acids is 1. The van der Waals surface area contributed by atoms with Crippen LogP contribution in [0.3, 0.4) is 0 Å². The Balaban J connectivity index is 3.16. The first kappa shape index (κ1) is 12.4. The second kappa shape index (κ2) is 8.05. The molecule has 3 heteroatoms. The fourth-order valence-corrected chi connectivity index (χ4v) is 1.24. The van der Waals surface area contributed by atoms with E-state index in [1.54, 1.807) is 0 Å². The zero-order valence-corrected chi connectivity index (χ0v) is 8.33. The lowest BCUT2D eigenvalue weighted by atomic mass is 10.1. The molecule has 0 radical (unpaired) electrons. The van der Waals surface area contributed by atoms with Crippen molar-refractivity contribution in [2.24, 2.45) is 0 Å². The maximum Gasteiger partial charge on any atom is 0.303 e. The highest BCUT2D eigenvalue weighted by Crippen LogP contribution is 2.09. The molecule has 1 atom stereocenters. The summed E-state index contributed by atoms with van der Waals surface area (Å²) >= 11 is 0. The van der Waals surface area contributed by atoms with Gasteiger partial charge in [0.05, 0.1) is 6.10 Å². The minimum Gasteiger partial charge on any atom is -0.481 e. The van der Waals surface area contributed by atoms with Crippen molar-refractivity contribution in [3.63, 3.8) is 0 Å². The monoisotopic (exact) mass is 188 g/mol. The van der Waals surface area contributed by atoms with Crippen LogP contribution in [0.5, 0.6) is 0 Å². The van der Waals surface area contributed by atoms with E-state index < -0.39 is 5.97 Å². The summed E-state index contributed by atoms with van der Waals surface area (Å²) in [6.07, 6.45) is 5.24. The Labute approximate surface area is 79.8 Å². The number of unbranched alkanes of at least 4 members (excludes halogenated alkanes) is 2. The van der Waals surface area contributed by atoms with E-state index in [-0.39, 0.29) is 12.5 Å². The van der Waals surface area contributed by atoms with Gasteiger partial charge in [0.1, 0.15) is 0 Å². The normalized spacial score (nSPS) is 12.8. The zero-order chi connectivity index (χ0) is 10.1. The third kappa shape index (κ3) is 9.34. The predicted octanol–water partition coefficient (Wildman–Crippen LogP) is 2.18. The van der Waals surface area contributed by atoms with Gasteiger partial charge >= 0.3 is 5.97 Å². The molecule has 0 amide bonds. The summed E-state index contributed by atoms with van der Waals surface area (Å²) < 4.78 is 0. The quantitative estimate of drug-likeness (QED) is 0.574. The molecule has 0 aliphatic rings. The van der Waals surface area contributed by atoms with Crippen LogP contribution in [-0.4, -0.2) is 22.3 Å². The molecule has 0 heterocycles. The highest BCUT2D eigenvalue weighted by Gasteiger charge is 2.03. The van der Waals surface area contributed by atoms with Crippen molar-refractivity contribution in [2.75, 3.05) is 0 Å². The van der Waals surface area contributed by atoms with Gasteiger partial charge in [0, 0.05) is 6.42 Å². The minimum absolute atomic E-state index is 0.223. The summed E-state index contributed by atoms with van der Waals surface area (Å²) in [6.45, 7) is 2.09. The van der Waals surface area contributed by atoms with E-state index in [1.807, 2.05) is 0 Å². The summed E-state index contributed by atoms with van der Waals surface area (Å²) in [6, 6.07) is 0. The molecular weight excluding hydrogens is 168 g/mol. The average Bonchev–Trinajstić information content (AvgIpc) is 2.08. The van der Waals surface area contributed by atoms with Crippen molar-refractivity contribution in [3.05, 3.63) is 0 Å². The number of hydrogen-bond acceptors (Lipinski definition) is 2. The second-order valence-electron chi connectivity index (χ2n) is 3.44. The van der Waals surface area contributed by atoms with Crippen molar-refractivity contribution in [2.45, 2.75) is 58.0 Å². The molecule has 0 bridgehead atoms. The molecule has 0 spiro atoms. The lowest BCUT2D eigenvalue weighted by Crippen LogP contribution is -2.06. The van der Waals surface area contributed by atoms with E-state index in [2.05, 4.69) is 6.92 Å². The highest BCUT2D eigenvalue weighted by atomic mass is 16.4. The Morgan fingerprint density at radius 1 is 1.23 bits per heavy atom. The third-order valence-electron chi connectivity index (χ3n) is 2.07. The Bertz CT molecular complexity index is 134. The topological polar surface area (TPSA) is 57.5 Å². The summed E-state index contributed by atoms with van der Waals surface area (Å²) in [4.78, 5) is 10.2. The van der Waals surface area contributed by atoms with E-state index in [4.69, 9.17) is 5.11 Å². The van der Waals surface area contributed by atoms with Gasteiger partial charge in [-0.1, -0.05) is 26.2 Å². The number of rotatable bonds is 8. The summed E-state index contributed by atoms with van der Waals surface area (Å²) in [5, 5.41) is 17.8. The van der Waals surface area contributed by atoms with Crippen molar-refractivity contribution in [1.29, 1.82) is 0 Å². The van der Waals surface area contributed by atoms with Crippen molar-refractivity contribution in [1.82, 2.24) is 0 Å². The SMILES string of the molecule is CCCC[C@H](O)CCCCC(=O)O. The molecule has 0 fully saturated rings. The van der Waals surface area contributed by atoms with Crippen LogP contribution in [-0.2, 0) is 4.79 Å². The van der Waals surface area contributed by atoms with E-state index in [0.717, 1.165) is 32.1 Å². The standard InChI is InChI=1S/C10H20O3/c1-2-3-6-9(11)7-4-5-8-10(12)13/h9,11H,2-8H2,1H3,(H,12,13)/t9-/m0/s1. The second-order valence-corrected chi connectivity index (χ2v) is 3.44. The van der Waals surface area contributed by atoms with Gasteiger partial charge in [-0.15, -0.1) is 0 Å². The fraction of sp³-hybridized carbons (Fsp3) is 0.900.